The molecule has 2 N–H and O–H groups in total. The van der Waals surface area contributed by atoms with Crippen molar-refractivity contribution in [1.29, 1.82) is 0 Å². The molecule has 0 aliphatic carbocycles. The molecule has 2 aliphatic rings. The molecule has 6 heteroatoms. The SMILES string of the molecule is CN1c2cc3c(cc2NC1c1ccccn1)C(C)(C)C(=O)N3CCO. The molecule has 1 unspecified atom stereocenters. The topological polar surface area (TPSA) is 68.7 Å². The third kappa shape index (κ3) is 2.21. The number of rotatable bonds is 3. The predicted molar refractivity (Wildman–Crippen MR) is 97.9 cm³/mol. The van der Waals surface area contributed by atoms with Crippen molar-refractivity contribution in [3.05, 3.63) is 47.8 Å². The fraction of sp³-hybridized carbons (Fsp3) is 0.368. The van der Waals surface area contributed by atoms with Crippen LogP contribution in [0.15, 0.2) is 36.5 Å². The molecule has 6 nitrogen and oxygen atoms in total. The second-order valence-electron chi connectivity index (χ2n) is 7.10. The number of carbonyl (C=O) groups excluding carboxylic acids is 1. The number of aromatic nitrogens is 1. The van der Waals surface area contributed by atoms with Crippen LogP contribution in [0.5, 0.6) is 0 Å². The van der Waals surface area contributed by atoms with E-state index in [-0.39, 0.29) is 18.7 Å². The van der Waals surface area contributed by atoms with Gasteiger partial charge in [-0.3, -0.25) is 9.78 Å². The van der Waals surface area contributed by atoms with Crippen molar-refractivity contribution in [1.82, 2.24) is 4.98 Å². The summed E-state index contributed by atoms with van der Waals surface area (Å²) >= 11 is 0. The molecule has 0 saturated heterocycles. The summed E-state index contributed by atoms with van der Waals surface area (Å²) in [4.78, 5) is 21.0. The number of nitrogens with one attached hydrogen (secondary N) is 1. The maximum atomic E-state index is 12.7. The molecular weight excluding hydrogens is 316 g/mol. The highest BCUT2D eigenvalue weighted by atomic mass is 16.3. The first-order chi connectivity index (χ1) is 11.9. The lowest BCUT2D eigenvalue weighted by Crippen LogP contribution is -2.37. The molecular formula is C19H22N4O2. The van der Waals surface area contributed by atoms with E-state index in [2.05, 4.69) is 21.3 Å². The lowest BCUT2D eigenvalue weighted by atomic mass is 9.86. The number of pyridine rings is 1. The Labute approximate surface area is 147 Å². The molecule has 0 bridgehead atoms. The Balaban J connectivity index is 1.78. The van der Waals surface area contributed by atoms with Crippen LogP contribution in [0.3, 0.4) is 0 Å². The van der Waals surface area contributed by atoms with Gasteiger partial charge in [0, 0.05) is 19.8 Å². The molecule has 0 spiro atoms. The summed E-state index contributed by atoms with van der Waals surface area (Å²) in [6.07, 6.45) is 1.75. The average Bonchev–Trinajstić information content (AvgIpc) is 3.03. The number of aliphatic hydroxyl groups is 1. The molecule has 0 radical (unpaired) electrons. The van der Waals surface area contributed by atoms with Crippen LogP contribution in [-0.2, 0) is 10.2 Å². The molecule has 4 rings (SSSR count). The Morgan fingerprint density at radius 3 is 2.76 bits per heavy atom. The molecule has 25 heavy (non-hydrogen) atoms. The van der Waals surface area contributed by atoms with Crippen molar-refractivity contribution < 1.29 is 9.90 Å². The first-order valence-electron chi connectivity index (χ1n) is 8.47. The molecule has 1 aromatic heterocycles. The third-order valence-electron chi connectivity index (χ3n) is 5.21. The standard InChI is InChI=1S/C19H22N4O2/c1-19(2)12-10-14-16(11-15(12)23(8-9-24)18(19)25)22(3)17(21-14)13-6-4-5-7-20-13/h4-7,10-11,17,21,24H,8-9H2,1-3H3. The van der Waals surface area contributed by atoms with E-state index in [0.717, 1.165) is 28.3 Å². The van der Waals surface area contributed by atoms with E-state index >= 15 is 0 Å². The number of anilines is 3. The van der Waals surface area contributed by atoms with E-state index in [1.54, 1.807) is 11.1 Å². The van der Waals surface area contributed by atoms with Gasteiger partial charge in [0.25, 0.3) is 0 Å². The van der Waals surface area contributed by atoms with Crippen molar-refractivity contribution in [3.63, 3.8) is 0 Å². The van der Waals surface area contributed by atoms with Crippen molar-refractivity contribution in [2.24, 2.45) is 0 Å². The minimum absolute atomic E-state index is 0.0316. The van der Waals surface area contributed by atoms with Gasteiger partial charge in [0.2, 0.25) is 5.91 Å². The van der Waals surface area contributed by atoms with E-state index in [1.807, 2.05) is 45.2 Å². The predicted octanol–water partition coefficient (Wildman–Crippen LogP) is 2.26. The van der Waals surface area contributed by atoms with Crippen LogP contribution in [0.4, 0.5) is 17.1 Å². The van der Waals surface area contributed by atoms with E-state index in [4.69, 9.17) is 0 Å². The summed E-state index contributed by atoms with van der Waals surface area (Å²) in [5, 5.41) is 12.9. The molecule has 3 heterocycles. The molecule has 1 atom stereocenters. The summed E-state index contributed by atoms with van der Waals surface area (Å²) < 4.78 is 0. The number of β-amino-alcohol motifs (C(OH)–C–C–N with tert-alkyl or cyclic N) is 1. The lowest BCUT2D eigenvalue weighted by Gasteiger charge is -2.22. The first kappa shape index (κ1) is 15.9. The zero-order valence-corrected chi connectivity index (χ0v) is 14.7. The fourth-order valence-corrected chi connectivity index (χ4v) is 3.79. The molecule has 1 amide bonds. The van der Waals surface area contributed by atoms with Gasteiger partial charge in [0.05, 0.1) is 34.8 Å². The van der Waals surface area contributed by atoms with Gasteiger partial charge < -0.3 is 20.2 Å². The van der Waals surface area contributed by atoms with Gasteiger partial charge >= 0.3 is 0 Å². The van der Waals surface area contributed by atoms with E-state index in [1.165, 1.54) is 0 Å². The average molecular weight is 338 g/mol. The summed E-state index contributed by atoms with van der Waals surface area (Å²) in [6.45, 7) is 4.14. The number of carbonyl (C=O) groups is 1. The van der Waals surface area contributed by atoms with Crippen LogP contribution >= 0.6 is 0 Å². The molecule has 0 saturated carbocycles. The van der Waals surface area contributed by atoms with Crippen LogP contribution < -0.4 is 15.1 Å². The van der Waals surface area contributed by atoms with E-state index < -0.39 is 5.41 Å². The minimum Gasteiger partial charge on any atom is -0.395 e. The Kier molecular flexibility index (Phi) is 3.47. The zero-order valence-electron chi connectivity index (χ0n) is 14.7. The number of aliphatic hydroxyl groups excluding tert-OH is 1. The Morgan fingerprint density at radius 2 is 2.08 bits per heavy atom. The number of fused-ring (bicyclic) bond motifs is 2. The third-order valence-corrected chi connectivity index (χ3v) is 5.21. The Morgan fingerprint density at radius 1 is 1.28 bits per heavy atom. The van der Waals surface area contributed by atoms with Crippen LogP contribution in [0.1, 0.15) is 31.3 Å². The molecule has 2 aliphatic heterocycles. The fourth-order valence-electron chi connectivity index (χ4n) is 3.79. The Bertz CT molecular complexity index is 835. The number of hydrogen-bond donors (Lipinski definition) is 2. The maximum Gasteiger partial charge on any atom is 0.237 e. The summed E-state index contributed by atoms with van der Waals surface area (Å²) in [5.41, 5.74) is 4.27. The second-order valence-corrected chi connectivity index (χ2v) is 7.10. The molecule has 0 fully saturated rings. The largest absolute Gasteiger partial charge is 0.395 e. The van der Waals surface area contributed by atoms with Crippen molar-refractivity contribution >= 4 is 23.0 Å². The highest BCUT2D eigenvalue weighted by Crippen LogP contribution is 2.49. The monoisotopic (exact) mass is 338 g/mol. The number of nitrogens with zero attached hydrogens (tertiary/aromatic N) is 3. The highest BCUT2D eigenvalue weighted by molar-refractivity contribution is 6.09. The van der Waals surface area contributed by atoms with Gasteiger partial charge in [0.15, 0.2) is 0 Å². The highest BCUT2D eigenvalue weighted by Gasteiger charge is 2.45. The number of amides is 1. The molecule has 130 valence electrons. The van der Waals surface area contributed by atoms with E-state index in [0.29, 0.717) is 6.54 Å². The van der Waals surface area contributed by atoms with Gasteiger partial charge in [-0.15, -0.1) is 0 Å². The quantitative estimate of drug-likeness (QED) is 0.898. The van der Waals surface area contributed by atoms with Crippen molar-refractivity contribution in [3.8, 4) is 0 Å². The van der Waals surface area contributed by atoms with Gasteiger partial charge in [0.1, 0.15) is 6.17 Å². The summed E-state index contributed by atoms with van der Waals surface area (Å²) in [7, 11) is 2.02. The van der Waals surface area contributed by atoms with Crippen LogP contribution in [-0.4, -0.2) is 36.2 Å². The van der Waals surface area contributed by atoms with Crippen LogP contribution in [0.25, 0.3) is 0 Å². The Hall–Kier alpha value is -2.60. The zero-order chi connectivity index (χ0) is 17.8. The van der Waals surface area contributed by atoms with Crippen molar-refractivity contribution in [2.75, 3.05) is 35.3 Å². The molecule has 1 aromatic carbocycles. The summed E-state index contributed by atoms with van der Waals surface area (Å²) in [5.74, 6) is 0.0316. The van der Waals surface area contributed by atoms with Crippen LogP contribution in [0.2, 0.25) is 0 Å². The molecule has 2 aromatic rings. The first-order valence-corrected chi connectivity index (χ1v) is 8.47. The number of hydrogen-bond acceptors (Lipinski definition) is 5. The van der Waals surface area contributed by atoms with Crippen LogP contribution in [0, 0.1) is 0 Å². The van der Waals surface area contributed by atoms with E-state index in [9.17, 15) is 9.90 Å². The van der Waals surface area contributed by atoms with Crippen molar-refractivity contribution in [2.45, 2.75) is 25.4 Å². The lowest BCUT2D eigenvalue weighted by molar-refractivity contribution is -0.122. The van der Waals surface area contributed by atoms with Gasteiger partial charge in [-0.2, -0.15) is 0 Å². The van der Waals surface area contributed by atoms with Gasteiger partial charge in [-0.1, -0.05) is 6.07 Å². The second kappa shape index (κ2) is 5.46. The normalized spacial score (nSPS) is 20.5. The van der Waals surface area contributed by atoms with Gasteiger partial charge in [-0.25, -0.2) is 0 Å². The number of benzene rings is 1. The smallest absolute Gasteiger partial charge is 0.237 e. The summed E-state index contributed by atoms with van der Waals surface area (Å²) in [6, 6.07) is 9.99. The minimum atomic E-state index is -0.594. The maximum absolute atomic E-state index is 12.7. The van der Waals surface area contributed by atoms with Gasteiger partial charge in [-0.05, 0) is 43.7 Å².